The first-order valence-corrected chi connectivity index (χ1v) is 24.8. The lowest BCUT2D eigenvalue weighted by atomic mass is 10.1. The molecule has 0 atom stereocenters. The number of nitrogens with zero attached hydrogens (tertiary/aromatic N) is 4. The van der Waals surface area contributed by atoms with Crippen LogP contribution < -0.4 is 15.8 Å². The van der Waals surface area contributed by atoms with Crippen LogP contribution >= 0.6 is 0 Å². The van der Waals surface area contributed by atoms with E-state index >= 15 is 0 Å². The van der Waals surface area contributed by atoms with Gasteiger partial charge in [-0.1, -0.05) is 6.92 Å². The van der Waals surface area contributed by atoms with Gasteiger partial charge in [-0.05, 0) is 12.5 Å². The van der Waals surface area contributed by atoms with Gasteiger partial charge in [-0.2, -0.15) is 22.3 Å². The normalized spacial score (nSPS) is 12.5. The Bertz CT molecular complexity index is 2150. The highest BCUT2D eigenvalue weighted by molar-refractivity contribution is 7.85. The molecule has 4 N–H and O–H groups in total. The Morgan fingerprint density at radius 3 is 1.55 bits per heavy atom. The first-order valence-electron chi connectivity index (χ1n) is 23.4. The van der Waals surface area contributed by atoms with E-state index in [1.54, 1.807) is 24.0 Å². The van der Waals surface area contributed by atoms with Crippen molar-refractivity contribution in [3.8, 4) is 5.75 Å². The summed E-state index contributed by atoms with van der Waals surface area (Å²) >= 11 is 0. The fourth-order valence-electron chi connectivity index (χ4n) is 5.88. The molecule has 1 aromatic heterocycles. The van der Waals surface area contributed by atoms with E-state index in [0.29, 0.717) is 122 Å². The molecular formula is C44H66F4N6O19S. The predicted octanol–water partition coefficient (Wildman–Crippen LogP) is 2.06. The van der Waals surface area contributed by atoms with Crippen molar-refractivity contribution in [3.63, 3.8) is 0 Å². The van der Waals surface area contributed by atoms with Crippen LogP contribution in [-0.4, -0.2) is 210 Å². The van der Waals surface area contributed by atoms with Crippen molar-refractivity contribution in [2.24, 2.45) is 17.8 Å². The van der Waals surface area contributed by atoms with Crippen LogP contribution in [0.15, 0.2) is 21.7 Å². The molecule has 0 bridgehead atoms. The van der Waals surface area contributed by atoms with E-state index in [0.717, 1.165) is 0 Å². The third-order valence-corrected chi connectivity index (χ3v) is 10.2. The number of hydrogen-bond acceptors (Lipinski definition) is 21. The van der Waals surface area contributed by atoms with Gasteiger partial charge in [0, 0.05) is 32.1 Å². The summed E-state index contributed by atoms with van der Waals surface area (Å²) in [6.45, 7) is 8.02. The number of carbonyl (C=O) groups is 3. The Morgan fingerprint density at radius 2 is 1.12 bits per heavy atom. The molecule has 2 amide bonds. The van der Waals surface area contributed by atoms with Crippen molar-refractivity contribution in [3.05, 3.63) is 40.7 Å². The van der Waals surface area contributed by atoms with Crippen LogP contribution in [-0.2, 0) is 83.7 Å². The fourth-order valence-corrected chi connectivity index (χ4v) is 6.51. The van der Waals surface area contributed by atoms with Gasteiger partial charge in [0.2, 0.25) is 17.4 Å². The number of aromatic nitrogens is 2. The molecule has 1 aromatic carbocycles. The maximum Gasteiger partial charge on any atom is 0.407 e. The number of amidine groups is 1. The number of benzene rings is 1. The lowest BCUT2D eigenvalue weighted by Gasteiger charge is -2.22. The molecule has 3 rings (SSSR count). The smallest absolute Gasteiger partial charge is 0.407 e. The number of aliphatic imine (C=N–C) groups is 1. The van der Waals surface area contributed by atoms with Gasteiger partial charge >= 0.3 is 22.2 Å². The van der Waals surface area contributed by atoms with Crippen LogP contribution in [0.3, 0.4) is 0 Å². The number of carbonyl (C=O) groups excluding carboxylic acids is 3. The molecule has 420 valence electrons. The number of nitrogens with two attached hydrogens (primary N) is 1. The summed E-state index contributed by atoms with van der Waals surface area (Å²) in [5.74, 6) is -12.7. The number of nitrogens with one attached hydrogen (secondary N) is 1. The standard InChI is InChI=1S/C44H66F4N6O19S/c1-3-6-54(43(56)32-29-34-33(31-51-53(34)2)52-35(49)30-32)72-8-5-50-44(57)71-28-27-70-26-25-69-24-23-68-22-21-67-20-19-66-18-17-65-16-15-64-14-13-63-12-11-62-10-9-61-7-4-36(55)73-41-37(45)39(47)42(74(58,59)60)40(48)38(41)46/h29,31H,3-28,30H2,1-2H3,(H2,49,52)(H,50,57)(H,58,59,60). The summed E-state index contributed by atoms with van der Waals surface area (Å²) in [6.07, 6.45) is 2.87. The Hall–Kier alpha value is -4.96. The van der Waals surface area contributed by atoms with Gasteiger partial charge in [-0.3, -0.25) is 23.7 Å². The average Bonchev–Trinajstić information content (AvgIpc) is 3.59. The summed E-state index contributed by atoms with van der Waals surface area (Å²) in [5.41, 5.74) is 7.68. The number of esters is 1. The molecule has 0 saturated carbocycles. The van der Waals surface area contributed by atoms with Gasteiger partial charge in [-0.25, -0.2) is 23.6 Å². The molecule has 0 saturated heterocycles. The Labute approximate surface area is 425 Å². The largest absolute Gasteiger partial charge is 0.447 e. The highest BCUT2D eigenvalue weighted by Crippen LogP contribution is 2.33. The number of amides is 2. The quantitative estimate of drug-likeness (QED) is 0.0163. The van der Waals surface area contributed by atoms with Crippen LogP contribution in [0.2, 0.25) is 0 Å². The molecule has 2 heterocycles. The van der Waals surface area contributed by atoms with Gasteiger partial charge < -0.3 is 67.9 Å². The van der Waals surface area contributed by atoms with E-state index in [1.807, 2.05) is 6.92 Å². The first-order chi connectivity index (χ1) is 35.6. The van der Waals surface area contributed by atoms with E-state index in [4.69, 9.17) is 67.2 Å². The van der Waals surface area contributed by atoms with Crippen LogP contribution in [0.25, 0.3) is 6.08 Å². The number of aryl methyl sites for hydroxylation is 1. The van der Waals surface area contributed by atoms with E-state index in [1.165, 1.54) is 5.06 Å². The van der Waals surface area contributed by atoms with Crippen molar-refractivity contribution < 1.29 is 107 Å². The Balaban J connectivity index is 0.987. The minimum atomic E-state index is -5.65. The van der Waals surface area contributed by atoms with Crippen molar-refractivity contribution in [2.45, 2.75) is 31.1 Å². The van der Waals surface area contributed by atoms with Gasteiger partial charge in [0.25, 0.3) is 5.91 Å². The minimum Gasteiger partial charge on any atom is -0.447 e. The molecule has 25 nitrogen and oxygen atoms in total. The van der Waals surface area contributed by atoms with Crippen molar-refractivity contribution in [1.82, 2.24) is 20.2 Å². The molecule has 0 spiro atoms. The zero-order valence-corrected chi connectivity index (χ0v) is 42.1. The number of hydroxylamine groups is 2. The molecule has 1 aliphatic rings. The second kappa shape index (κ2) is 36.9. The topological polar surface area (TPSA) is 297 Å². The third-order valence-electron chi connectivity index (χ3n) is 9.37. The molecule has 0 fully saturated rings. The molecular weight excluding hydrogens is 1020 g/mol. The lowest BCUT2D eigenvalue weighted by Crippen LogP contribution is -2.37. The predicted molar refractivity (Wildman–Crippen MR) is 249 cm³/mol. The Morgan fingerprint density at radius 1 is 0.689 bits per heavy atom. The summed E-state index contributed by atoms with van der Waals surface area (Å²) in [4.78, 5) is 44.9. The molecule has 0 aliphatic carbocycles. The highest BCUT2D eigenvalue weighted by Gasteiger charge is 2.34. The van der Waals surface area contributed by atoms with Crippen LogP contribution in [0.1, 0.15) is 31.9 Å². The number of rotatable bonds is 42. The molecule has 74 heavy (non-hydrogen) atoms. The maximum absolute atomic E-state index is 14.0. The third kappa shape index (κ3) is 25.0. The van der Waals surface area contributed by atoms with Crippen LogP contribution in [0, 0.1) is 23.3 Å². The van der Waals surface area contributed by atoms with Gasteiger partial charge in [0.15, 0.2) is 16.5 Å². The van der Waals surface area contributed by atoms with Crippen LogP contribution in [0.5, 0.6) is 5.75 Å². The summed E-state index contributed by atoms with van der Waals surface area (Å²) in [7, 11) is -3.90. The average molecular weight is 1090 g/mol. The lowest BCUT2D eigenvalue weighted by molar-refractivity contribution is -0.181. The van der Waals surface area contributed by atoms with Gasteiger partial charge in [0.1, 0.15) is 18.1 Å². The monoisotopic (exact) mass is 1090 g/mol. The fraction of sp³-hybridized carbons (Fsp3) is 0.659. The van der Waals surface area contributed by atoms with Crippen molar-refractivity contribution in [2.75, 3.05) is 158 Å². The highest BCUT2D eigenvalue weighted by atomic mass is 32.2. The summed E-state index contributed by atoms with van der Waals surface area (Å²) < 4.78 is 151. The zero-order valence-electron chi connectivity index (χ0n) is 41.3. The van der Waals surface area contributed by atoms with E-state index < -0.39 is 62.5 Å². The van der Waals surface area contributed by atoms with Crippen molar-refractivity contribution >= 4 is 45.7 Å². The number of alkyl carbamates (subject to hydrolysis) is 1. The molecule has 2 aromatic rings. The van der Waals surface area contributed by atoms with Crippen molar-refractivity contribution in [1.29, 1.82) is 0 Å². The van der Waals surface area contributed by atoms with E-state index in [9.17, 15) is 40.4 Å². The number of ether oxygens (including phenoxy) is 12. The van der Waals surface area contributed by atoms with Crippen LogP contribution in [0.4, 0.5) is 28.0 Å². The first kappa shape index (κ1) is 63.3. The summed E-state index contributed by atoms with van der Waals surface area (Å²) in [5, 5.41) is 7.99. The summed E-state index contributed by atoms with van der Waals surface area (Å²) in [6, 6.07) is 0. The minimum absolute atomic E-state index is 0.0153. The number of halogens is 4. The maximum atomic E-state index is 14.0. The second-order valence-corrected chi connectivity index (χ2v) is 16.4. The molecule has 0 unspecified atom stereocenters. The number of hydrogen-bond donors (Lipinski definition) is 3. The molecule has 0 radical (unpaired) electrons. The van der Waals surface area contributed by atoms with E-state index in [-0.39, 0.29) is 77.6 Å². The molecule has 30 heteroatoms. The number of fused-ring (bicyclic) bond motifs is 1. The molecule has 1 aliphatic heterocycles. The van der Waals surface area contributed by atoms with Gasteiger partial charge in [-0.15, -0.1) is 0 Å². The van der Waals surface area contributed by atoms with E-state index in [2.05, 4.69) is 20.1 Å². The second-order valence-electron chi connectivity index (χ2n) is 15.0. The zero-order chi connectivity index (χ0) is 54.0. The Kier molecular flexibility index (Phi) is 31.6. The SMILES string of the molecule is CCCN(OCCNC(=O)OCCOCCOCCOCCOCCOCCOCCOCCOCCOCCOCCC(=O)Oc1c(F)c(F)c(S(=O)(=O)O)c(F)c1F)C(=O)C1=Cc2c(cnn2C)N=C(N)C1. The van der Waals surface area contributed by atoms with Gasteiger partial charge in [0.05, 0.1) is 157 Å².